The summed E-state index contributed by atoms with van der Waals surface area (Å²) in [5.74, 6) is -1.10. The molecule has 0 spiro atoms. The van der Waals surface area contributed by atoms with E-state index in [0.717, 1.165) is 12.5 Å². The van der Waals surface area contributed by atoms with Crippen LogP contribution in [-0.4, -0.2) is 30.8 Å². The predicted octanol–water partition coefficient (Wildman–Crippen LogP) is 3.00. The molecule has 0 saturated carbocycles. The summed E-state index contributed by atoms with van der Waals surface area (Å²) in [6.45, 7) is 5.93. The number of aromatic carboxylic acids is 1. The van der Waals surface area contributed by atoms with E-state index in [-0.39, 0.29) is 11.3 Å². The van der Waals surface area contributed by atoms with Gasteiger partial charge in [-0.15, -0.1) is 0 Å². The van der Waals surface area contributed by atoms with Crippen LogP contribution in [0.25, 0.3) is 0 Å². The van der Waals surface area contributed by atoms with E-state index < -0.39 is 11.8 Å². The van der Waals surface area contributed by atoms with Gasteiger partial charge in [-0.05, 0) is 30.5 Å². The molecule has 2 N–H and O–H groups in total. The van der Waals surface area contributed by atoms with Gasteiger partial charge in [0, 0.05) is 13.2 Å². The maximum absolute atomic E-state index is 13.5. The molecule has 1 aromatic carbocycles. The van der Waals surface area contributed by atoms with Gasteiger partial charge in [0.25, 0.3) is 0 Å². The van der Waals surface area contributed by atoms with Crippen LogP contribution in [0.4, 0.5) is 10.1 Å². The van der Waals surface area contributed by atoms with Crippen molar-refractivity contribution >= 4 is 11.7 Å². The summed E-state index contributed by atoms with van der Waals surface area (Å²) in [5, 5.41) is 11.6. The normalized spacial score (nSPS) is 10.7. The molecular weight excluding hydrogens is 249 g/mol. The number of carbonyl (C=O) groups is 1. The monoisotopic (exact) mass is 269 g/mol. The van der Waals surface area contributed by atoms with Gasteiger partial charge in [0.2, 0.25) is 0 Å². The average molecular weight is 269 g/mol. The second-order valence-electron chi connectivity index (χ2n) is 4.72. The zero-order valence-electron chi connectivity index (χ0n) is 11.3. The highest BCUT2D eigenvalue weighted by molar-refractivity contribution is 5.88. The summed E-state index contributed by atoms with van der Waals surface area (Å²) in [6, 6.07) is 3.80. The lowest BCUT2D eigenvalue weighted by Gasteiger charge is -2.09. The topological polar surface area (TPSA) is 58.6 Å². The van der Waals surface area contributed by atoms with Crippen molar-refractivity contribution in [3.8, 4) is 0 Å². The zero-order valence-corrected chi connectivity index (χ0v) is 11.3. The summed E-state index contributed by atoms with van der Waals surface area (Å²) < 4.78 is 18.9. The number of benzene rings is 1. The summed E-state index contributed by atoms with van der Waals surface area (Å²) in [6.07, 6.45) is 1.00. The van der Waals surface area contributed by atoms with Crippen molar-refractivity contribution in [2.45, 2.75) is 20.3 Å². The maximum atomic E-state index is 13.5. The van der Waals surface area contributed by atoms with E-state index in [1.165, 1.54) is 12.1 Å². The van der Waals surface area contributed by atoms with Gasteiger partial charge in [0.05, 0.1) is 17.9 Å². The van der Waals surface area contributed by atoms with Crippen molar-refractivity contribution in [3.63, 3.8) is 0 Å². The smallest absolute Gasteiger partial charge is 0.335 e. The highest BCUT2D eigenvalue weighted by Crippen LogP contribution is 2.15. The Labute approximate surface area is 112 Å². The summed E-state index contributed by atoms with van der Waals surface area (Å²) in [4.78, 5) is 10.6. The fourth-order valence-corrected chi connectivity index (χ4v) is 1.47. The molecule has 1 rings (SSSR count). The quantitative estimate of drug-likeness (QED) is 0.712. The van der Waals surface area contributed by atoms with Gasteiger partial charge in [0.1, 0.15) is 5.82 Å². The Morgan fingerprint density at radius 2 is 2.16 bits per heavy atom. The van der Waals surface area contributed by atoms with Crippen molar-refractivity contribution < 1.29 is 19.0 Å². The molecule has 0 atom stereocenters. The van der Waals surface area contributed by atoms with Crippen molar-refractivity contribution in [2.75, 3.05) is 25.1 Å². The van der Waals surface area contributed by atoms with E-state index in [1.54, 1.807) is 0 Å². The Balaban J connectivity index is 2.32. The molecular formula is C14H20FNO3. The summed E-state index contributed by atoms with van der Waals surface area (Å²) >= 11 is 0. The lowest BCUT2D eigenvalue weighted by Crippen LogP contribution is -2.12. The highest BCUT2D eigenvalue weighted by atomic mass is 19.1. The third-order valence-corrected chi connectivity index (χ3v) is 2.62. The largest absolute Gasteiger partial charge is 0.478 e. The van der Waals surface area contributed by atoms with Crippen LogP contribution < -0.4 is 5.32 Å². The van der Waals surface area contributed by atoms with E-state index >= 15 is 0 Å². The standard InChI is InChI=1S/C14H20FNO3/c1-10(2)5-7-19-8-6-16-13-4-3-11(14(17)18)9-12(13)15/h3-4,9-10,16H,5-8H2,1-2H3,(H,17,18). The van der Waals surface area contributed by atoms with E-state index in [2.05, 4.69) is 19.2 Å². The minimum atomic E-state index is -1.14. The molecule has 0 aliphatic rings. The molecule has 106 valence electrons. The number of carboxylic acid groups (broad SMARTS) is 1. The van der Waals surface area contributed by atoms with Gasteiger partial charge in [-0.1, -0.05) is 13.8 Å². The number of hydrogen-bond donors (Lipinski definition) is 2. The lowest BCUT2D eigenvalue weighted by atomic mass is 10.1. The molecule has 0 heterocycles. The summed E-state index contributed by atoms with van der Waals surface area (Å²) in [7, 11) is 0. The number of carboxylic acids is 1. The van der Waals surface area contributed by atoms with Crippen LogP contribution in [-0.2, 0) is 4.74 Å². The second-order valence-corrected chi connectivity index (χ2v) is 4.72. The van der Waals surface area contributed by atoms with E-state index in [0.29, 0.717) is 25.7 Å². The van der Waals surface area contributed by atoms with Crippen molar-refractivity contribution in [1.29, 1.82) is 0 Å². The molecule has 1 aromatic rings. The minimum Gasteiger partial charge on any atom is -0.478 e. The molecule has 0 saturated heterocycles. The maximum Gasteiger partial charge on any atom is 0.335 e. The predicted molar refractivity (Wildman–Crippen MR) is 72.1 cm³/mol. The Morgan fingerprint density at radius 3 is 2.74 bits per heavy atom. The number of halogens is 1. The molecule has 0 unspecified atom stereocenters. The Hall–Kier alpha value is -1.62. The lowest BCUT2D eigenvalue weighted by molar-refractivity contribution is 0.0696. The minimum absolute atomic E-state index is 0.0590. The van der Waals surface area contributed by atoms with Crippen LogP contribution in [0.5, 0.6) is 0 Å². The molecule has 4 nitrogen and oxygen atoms in total. The first-order valence-electron chi connectivity index (χ1n) is 6.35. The van der Waals surface area contributed by atoms with Gasteiger partial charge < -0.3 is 15.2 Å². The van der Waals surface area contributed by atoms with Crippen LogP contribution in [0.15, 0.2) is 18.2 Å². The number of hydrogen-bond acceptors (Lipinski definition) is 3. The number of rotatable bonds is 8. The first kappa shape index (κ1) is 15.4. The third-order valence-electron chi connectivity index (χ3n) is 2.62. The van der Waals surface area contributed by atoms with Crippen LogP contribution in [0.3, 0.4) is 0 Å². The summed E-state index contributed by atoms with van der Waals surface area (Å²) in [5.41, 5.74) is 0.230. The molecule has 0 radical (unpaired) electrons. The Kier molecular flexibility index (Phi) is 6.29. The molecule has 0 bridgehead atoms. The van der Waals surface area contributed by atoms with Gasteiger partial charge in [-0.25, -0.2) is 9.18 Å². The third kappa shape index (κ3) is 5.70. The van der Waals surface area contributed by atoms with Crippen LogP contribution in [0.1, 0.15) is 30.6 Å². The second kappa shape index (κ2) is 7.74. The SMILES string of the molecule is CC(C)CCOCCNc1ccc(C(=O)O)cc1F. The molecule has 0 aliphatic carbocycles. The van der Waals surface area contributed by atoms with E-state index in [9.17, 15) is 9.18 Å². The molecule has 5 heteroatoms. The molecule has 0 aromatic heterocycles. The molecule has 0 aliphatic heterocycles. The fourth-order valence-electron chi connectivity index (χ4n) is 1.47. The van der Waals surface area contributed by atoms with Crippen LogP contribution in [0, 0.1) is 11.7 Å². The van der Waals surface area contributed by atoms with Gasteiger partial charge in [0.15, 0.2) is 0 Å². The van der Waals surface area contributed by atoms with Gasteiger partial charge in [-0.2, -0.15) is 0 Å². The molecule has 19 heavy (non-hydrogen) atoms. The number of nitrogens with one attached hydrogen (secondary N) is 1. The highest BCUT2D eigenvalue weighted by Gasteiger charge is 2.07. The molecule has 0 fully saturated rings. The fraction of sp³-hybridized carbons (Fsp3) is 0.500. The molecule has 0 amide bonds. The Bertz CT molecular complexity index is 421. The van der Waals surface area contributed by atoms with Crippen LogP contribution in [0.2, 0.25) is 0 Å². The van der Waals surface area contributed by atoms with E-state index in [1.807, 2.05) is 0 Å². The van der Waals surface area contributed by atoms with Crippen LogP contribution >= 0.6 is 0 Å². The number of ether oxygens (including phenoxy) is 1. The zero-order chi connectivity index (χ0) is 14.3. The average Bonchev–Trinajstić information content (AvgIpc) is 2.34. The first-order valence-corrected chi connectivity index (χ1v) is 6.35. The Morgan fingerprint density at radius 1 is 1.42 bits per heavy atom. The van der Waals surface area contributed by atoms with Crippen molar-refractivity contribution in [1.82, 2.24) is 0 Å². The first-order chi connectivity index (χ1) is 9.00. The van der Waals surface area contributed by atoms with Gasteiger partial charge in [-0.3, -0.25) is 0 Å². The van der Waals surface area contributed by atoms with E-state index in [4.69, 9.17) is 9.84 Å². The number of anilines is 1. The van der Waals surface area contributed by atoms with Gasteiger partial charge >= 0.3 is 5.97 Å². The van der Waals surface area contributed by atoms with Crippen molar-refractivity contribution in [3.05, 3.63) is 29.6 Å². The van der Waals surface area contributed by atoms with Crippen molar-refractivity contribution in [2.24, 2.45) is 5.92 Å².